The van der Waals surface area contributed by atoms with Crippen molar-refractivity contribution in [2.45, 2.75) is 50.5 Å². The number of rotatable bonds is 7. The van der Waals surface area contributed by atoms with Crippen LogP contribution >= 0.6 is 0 Å². The van der Waals surface area contributed by atoms with Gasteiger partial charge in [-0.05, 0) is 49.9 Å². The average Bonchev–Trinajstić information content (AvgIpc) is 3.42. The van der Waals surface area contributed by atoms with Crippen molar-refractivity contribution in [3.63, 3.8) is 0 Å². The van der Waals surface area contributed by atoms with Gasteiger partial charge in [0.1, 0.15) is 11.6 Å². The van der Waals surface area contributed by atoms with E-state index in [2.05, 4.69) is 15.2 Å². The Morgan fingerprint density at radius 1 is 1.11 bits per heavy atom. The summed E-state index contributed by atoms with van der Waals surface area (Å²) >= 11 is 0. The Balaban J connectivity index is 1.50. The van der Waals surface area contributed by atoms with Gasteiger partial charge in [0.2, 0.25) is 0 Å². The number of hydrogen-bond acceptors (Lipinski definition) is 3. The number of aromatic nitrogens is 1. The van der Waals surface area contributed by atoms with E-state index in [1.165, 1.54) is 0 Å². The molecule has 2 aliphatic heterocycles. The first-order chi connectivity index (χ1) is 17.6. The fourth-order valence-electron chi connectivity index (χ4n) is 5.87. The lowest BCUT2D eigenvalue weighted by atomic mass is 9.88. The minimum atomic E-state index is -4.54. The largest absolute Gasteiger partial charge is 0.401 e. The van der Waals surface area contributed by atoms with Gasteiger partial charge in [0.05, 0.1) is 19.3 Å². The van der Waals surface area contributed by atoms with Gasteiger partial charge in [0.15, 0.2) is 0 Å². The molecule has 200 valence electrons. The summed E-state index contributed by atoms with van der Waals surface area (Å²) in [6.07, 6.45) is -3.03. The van der Waals surface area contributed by atoms with Gasteiger partial charge in [-0.25, -0.2) is 8.78 Å². The van der Waals surface area contributed by atoms with Gasteiger partial charge in [-0.1, -0.05) is 18.2 Å². The SMILES string of the molecule is CC1Cc2c([nH]c3ccccc23)C(c2c(F)cc(NC3CCN(CCCF)C3)cc2F)N1CC(F)(F)F. The molecule has 10 heteroatoms. The molecule has 1 aromatic heterocycles. The van der Waals surface area contributed by atoms with E-state index in [1.54, 1.807) is 13.0 Å². The predicted molar refractivity (Wildman–Crippen MR) is 131 cm³/mol. The van der Waals surface area contributed by atoms with Crippen LogP contribution in [0.5, 0.6) is 0 Å². The first-order valence-electron chi connectivity index (χ1n) is 12.6. The number of likely N-dealkylation sites (tertiary alicyclic amines) is 1. The summed E-state index contributed by atoms with van der Waals surface area (Å²) in [6.45, 7) is 1.99. The van der Waals surface area contributed by atoms with E-state index in [0.717, 1.165) is 46.5 Å². The Labute approximate surface area is 211 Å². The van der Waals surface area contributed by atoms with E-state index < -0.39 is 48.7 Å². The third-order valence-electron chi connectivity index (χ3n) is 7.48. The highest BCUT2D eigenvalue weighted by atomic mass is 19.4. The number of benzene rings is 2. The van der Waals surface area contributed by atoms with Crippen LogP contribution in [0.3, 0.4) is 0 Å². The maximum atomic E-state index is 15.6. The zero-order valence-corrected chi connectivity index (χ0v) is 20.5. The van der Waals surface area contributed by atoms with E-state index >= 15 is 8.78 Å². The number of H-pyrrole nitrogens is 1. The number of para-hydroxylation sites is 1. The van der Waals surface area contributed by atoms with Crippen molar-refractivity contribution in [1.29, 1.82) is 0 Å². The summed E-state index contributed by atoms with van der Waals surface area (Å²) in [7, 11) is 0. The average molecular weight is 525 g/mol. The second-order valence-electron chi connectivity index (χ2n) is 10.1. The minimum absolute atomic E-state index is 0.0546. The van der Waals surface area contributed by atoms with E-state index in [-0.39, 0.29) is 11.7 Å². The van der Waals surface area contributed by atoms with Gasteiger partial charge in [0.25, 0.3) is 0 Å². The predicted octanol–water partition coefficient (Wildman–Crippen LogP) is 6.19. The molecule has 3 heterocycles. The Bertz CT molecular complexity index is 1230. The van der Waals surface area contributed by atoms with Crippen LogP contribution in [-0.4, -0.2) is 65.9 Å². The molecule has 0 radical (unpaired) electrons. The lowest BCUT2D eigenvalue weighted by Gasteiger charge is -2.41. The maximum Gasteiger partial charge on any atom is 0.401 e. The number of nitrogens with zero attached hydrogens (tertiary/aromatic N) is 2. The molecule has 2 N–H and O–H groups in total. The highest BCUT2D eigenvalue weighted by molar-refractivity contribution is 5.85. The summed E-state index contributed by atoms with van der Waals surface area (Å²) in [6, 6.07) is 7.73. The fourth-order valence-corrected chi connectivity index (χ4v) is 5.87. The first kappa shape index (κ1) is 25.9. The number of fused-ring (bicyclic) bond motifs is 3. The Hall–Kier alpha value is -2.72. The topological polar surface area (TPSA) is 34.3 Å². The number of hydrogen-bond donors (Lipinski definition) is 2. The molecule has 37 heavy (non-hydrogen) atoms. The molecule has 2 aromatic carbocycles. The summed E-state index contributed by atoms with van der Waals surface area (Å²) in [5.74, 6) is -1.80. The lowest BCUT2D eigenvalue weighted by Crippen LogP contribution is -2.47. The zero-order chi connectivity index (χ0) is 26.3. The molecule has 0 bridgehead atoms. The van der Waals surface area contributed by atoms with E-state index in [9.17, 15) is 17.6 Å². The van der Waals surface area contributed by atoms with E-state index in [0.29, 0.717) is 31.6 Å². The third kappa shape index (κ3) is 5.31. The third-order valence-corrected chi connectivity index (χ3v) is 7.48. The van der Waals surface area contributed by atoms with Crippen LogP contribution in [0.2, 0.25) is 0 Å². The van der Waals surface area contributed by atoms with Crippen LogP contribution in [0.4, 0.5) is 32.0 Å². The molecule has 3 unspecified atom stereocenters. The first-order valence-corrected chi connectivity index (χ1v) is 12.6. The normalized spacial score (nSPS) is 23.1. The molecule has 0 spiro atoms. The zero-order valence-electron chi connectivity index (χ0n) is 20.5. The number of aromatic amines is 1. The van der Waals surface area contributed by atoms with E-state index in [1.807, 2.05) is 18.2 Å². The molecule has 5 rings (SSSR count). The highest BCUT2D eigenvalue weighted by Gasteiger charge is 2.43. The minimum Gasteiger partial charge on any atom is -0.381 e. The molecule has 1 saturated heterocycles. The molecule has 3 aromatic rings. The lowest BCUT2D eigenvalue weighted by molar-refractivity contribution is -0.155. The number of nitrogens with one attached hydrogen (secondary N) is 2. The number of alkyl halides is 4. The maximum absolute atomic E-state index is 15.6. The van der Waals surface area contributed by atoms with Crippen LogP contribution in [0, 0.1) is 11.6 Å². The molecule has 0 saturated carbocycles. The molecular formula is C27H30F6N4. The van der Waals surface area contributed by atoms with Crippen molar-refractivity contribution in [1.82, 2.24) is 14.8 Å². The van der Waals surface area contributed by atoms with Crippen molar-refractivity contribution < 1.29 is 26.3 Å². The second-order valence-corrected chi connectivity index (χ2v) is 10.1. The quantitative estimate of drug-likeness (QED) is 0.362. The van der Waals surface area contributed by atoms with Gasteiger partial charge in [-0.2, -0.15) is 13.2 Å². The molecular weight excluding hydrogens is 494 g/mol. The van der Waals surface area contributed by atoms with Crippen molar-refractivity contribution in [3.05, 3.63) is 64.9 Å². The van der Waals surface area contributed by atoms with Crippen LogP contribution in [-0.2, 0) is 6.42 Å². The van der Waals surface area contributed by atoms with Crippen molar-refractivity contribution >= 4 is 16.6 Å². The van der Waals surface area contributed by atoms with Gasteiger partial charge in [-0.15, -0.1) is 0 Å². The summed E-state index contributed by atoms with van der Waals surface area (Å²) in [5, 5.41) is 3.99. The number of anilines is 1. The van der Waals surface area contributed by atoms with Gasteiger partial charge >= 0.3 is 6.18 Å². The molecule has 2 aliphatic rings. The second kappa shape index (κ2) is 10.2. The van der Waals surface area contributed by atoms with Crippen LogP contribution in [0.25, 0.3) is 10.9 Å². The molecule has 4 nitrogen and oxygen atoms in total. The molecule has 0 amide bonds. The molecule has 0 aliphatic carbocycles. The van der Waals surface area contributed by atoms with Crippen molar-refractivity contribution in [2.75, 3.05) is 38.2 Å². The Kier molecular flexibility index (Phi) is 7.15. The number of halogens is 6. The van der Waals surface area contributed by atoms with Gasteiger partial charge in [0, 0.05) is 59.6 Å². The molecule has 3 atom stereocenters. The van der Waals surface area contributed by atoms with Gasteiger partial charge in [-0.3, -0.25) is 9.29 Å². The van der Waals surface area contributed by atoms with Crippen LogP contribution in [0.15, 0.2) is 36.4 Å². The summed E-state index contributed by atoms with van der Waals surface area (Å²) in [4.78, 5) is 6.38. The monoisotopic (exact) mass is 524 g/mol. The van der Waals surface area contributed by atoms with Crippen LogP contribution in [0.1, 0.15) is 42.6 Å². The van der Waals surface area contributed by atoms with Gasteiger partial charge < -0.3 is 15.2 Å². The van der Waals surface area contributed by atoms with Crippen molar-refractivity contribution in [3.8, 4) is 0 Å². The molecule has 1 fully saturated rings. The smallest absolute Gasteiger partial charge is 0.381 e. The summed E-state index contributed by atoms with van der Waals surface area (Å²) < 4.78 is 84.6. The Morgan fingerprint density at radius 2 is 1.84 bits per heavy atom. The summed E-state index contributed by atoms with van der Waals surface area (Å²) in [5.41, 5.74) is 1.73. The highest BCUT2D eigenvalue weighted by Crippen LogP contribution is 2.44. The Morgan fingerprint density at radius 3 is 2.54 bits per heavy atom. The van der Waals surface area contributed by atoms with E-state index in [4.69, 9.17) is 0 Å². The van der Waals surface area contributed by atoms with Crippen molar-refractivity contribution in [2.24, 2.45) is 0 Å². The fraction of sp³-hybridized carbons (Fsp3) is 0.481. The standard InChI is InChI=1S/C27H30F6N4/c1-16-11-20-19-5-2-3-6-23(19)35-25(20)26(37(16)15-27(31,32)33)24-21(29)12-18(13-22(24)30)34-17-7-10-36(14-17)9-4-8-28/h2-3,5-6,12-13,16-17,26,34-35H,4,7-11,14-15H2,1H3. The van der Waals surface area contributed by atoms with Crippen LogP contribution < -0.4 is 5.32 Å².